The van der Waals surface area contributed by atoms with Gasteiger partial charge in [-0.25, -0.2) is 13.2 Å². The molecule has 1 aliphatic rings. The van der Waals surface area contributed by atoms with Gasteiger partial charge in [-0.1, -0.05) is 23.7 Å². The molecule has 2 atom stereocenters. The molecule has 0 bridgehead atoms. The minimum absolute atomic E-state index is 0.0553. The molecule has 0 saturated carbocycles. The average Bonchev–Trinajstić information content (AvgIpc) is 2.71. The van der Waals surface area contributed by atoms with Crippen LogP contribution in [0.15, 0.2) is 24.3 Å². The molecule has 0 spiro atoms. The summed E-state index contributed by atoms with van der Waals surface area (Å²) >= 11 is 5.84. The first-order valence-corrected chi connectivity index (χ1v) is 9.61. The number of sulfone groups is 1. The third-order valence-electron chi connectivity index (χ3n) is 3.92. The predicted octanol–water partition coefficient (Wildman–Crippen LogP) is 1.13. The van der Waals surface area contributed by atoms with Gasteiger partial charge in [0, 0.05) is 5.02 Å². The molecule has 1 fully saturated rings. The van der Waals surface area contributed by atoms with Gasteiger partial charge < -0.3 is 16.4 Å². The van der Waals surface area contributed by atoms with Crippen molar-refractivity contribution in [2.24, 2.45) is 5.73 Å². The van der Waals surface area contributed by atoms with E-state index in [1.54, 1.807) is 31.2 Å². The van der Waals surface area contributed by atoms with Crippen LogP contribution in [0.2, 0.25) is 5.02 Å². The molecule has 1 aliphatic heterocycles. The van der Waals surface area contributed by atoms with Crippen molar-refractivity contribution in [1.82, 2.24) is 10.6 Å². The second kappa shape index (κ2) is 6.98. The minimum Gasteiger partial charge on any atom is -0.352 e. The van der Waals surface area contributed by atoms with E-state index >= 15 is 0 Å². The monoisotopic (exact) mass is 373 g/mol. The Labute approximate surface area is 145 Å². The van der Waals surface area contributed by atoms with Gasteiger partial charge in [-0.2, -0.15) is 0 Å². The quantitative estimate of drug-likeness (QED) is 0.716. The van der Waals surface area contributed by atoms with Gasteiger partial charge in [0.1, 0.15) is 0 Å². The number of urea groups is 1. The molecule has 2 rings (SSSR count). The Morgan fingerprint density at radius 3 is 2.46 bits per heavy atom. The van der Waals surface area contributed by atoms with Gasteiger partial charge >= 0.3 is 6.03 Å². The molecule has 3 amide bonds. The number of nitrogens with two attached hydrogens (primary N) is 1. The van der Waals surface area contributed by atoms with Gasteiger partial charge in [0.2, 0.25) is 5.91 Å². The lowest BCUT2D eigenvalue weighted by Crippen LogP contribution is -2.48. The van der Waals surface area contributed by atoms with Crippen molar-refractivity contribution in [2.45, 2.75) is 31.3 Å². The molecule has 1 saturated heterocycles. The van der Waals surface area contributed by atoms with E-state index in [4.69, 9.17) is 17.3 Å². The third kappa shape index (κ3) is 5.10. The van der Waals surface area contributed by atoms with Crippen molar-refractivity contribution in [3.63, 3.8) is 0 Å². The van der Waals surface area contributed by atoms with Crippen molar-refractivity contribution >= 4 is 33.4 Å². The summed E-state index contributed by atoms with van der Waals surface area (Å²) in [6, 6.07) is 5.30. The number of benzene rings is 1. The summed E-state index contributed by atoms with van der Waals surface area (Å²) in [7, 11) is -3.12. The maximum absolute atomic E-state index is 12.3. The zero-order chi connectivity index (χ0) is 18.0. The first kappa shape index (κ1) is 18.5. The molecular weight excluding hydrogens is 354 g/mol. The molecular formula is C15H20ClN3O4S. The largest absolute Gasteiger partial charge is 0.352 e. The summed E-state index contributed by atoms with van der Waals surface area (Å²) in [4.78, 5) is 23.5. The summed E-state index contributed by atoms with van der Waals surface area (Å²) in [5.74, 6) is -0.381. The van der Waals surface area contributed by atoms with Gasteiger partial charge in [-0.05, 0) is 31.0 Å². The van der Waals surface area contributed by atoms with E-state index in [1.807, 2.05) is 0 Å². The maximum Gasteiger partial charge on any atom is 0.312 e. The number of hydrogen-bond acceptors (Lipinski definition) is 4. The topological polar surface area (TPSA) is 118 Å². The van der Waals surface area contributed by atoms with Crippen LogP contribution < -0.4 is 16.4 Å². The molecule has 9 heteroatoms. The fourth-order valence-electron chi connectivity index (χ4n) is 2.80. The zero-order valence-corrected chi connectivity index (χ0v) is 14.8. The maximum atomic E-state index is 12.3. The second-order valence-corrected chi connectivity index (χ2v) is 8.89. The summed E-state index contributed by atoms with van der Waals surface area (Å²) in [5, 5.41) is 5.81. The smallest absolute Gasteiger partial charge is 0.312 e. The number of hydrogen-bond donors (Lipinski definition) is 3. The summed E-state index contributed by atoms with van der Waals surface area (Å²) < 4.78 is 23.2. The number of carbonyl (C=O) groups excluding carboxylic acids is 2. The number of amides is 3. The van der Waals surface area contributed by atoms with Crippen LogP contribution in [-0.2, 0) is 14.6 Å². The van der Waals surface area contributed by atoms with Crippen LogP contribution >= 0.6 is 11.6 Å². The lowest BCUT2D eigenvalue weighted by atomic mass is 9.99. The molecule has 24 heavy (non-hydrogen) atoms. The SMILES string of the molecule is C[C@@]1(NC(=O)C[C@@H](NC(N)=O)c2ccc(Cl)cc2)CCS(=O)(=O)C1. The van der Waals surface area contributed by atoms with Crippen molar-refractivity contribution in [2.75, 3.05) is 11.5 Å². The van der Waals surface area contributed by atoms with E-state index in [1.165, 1.54) is 0 Å². The number of primary amides is 1. The molecule has 0 radical (unpaired) electrons. The summed E-state index contributed by atoms with van der Waals surface area (Å²) in [5.41, 5.74) is 5.07. The zero-order valence-electron chi connectivity index (χ0n) is 13.2. The molecule has 0 aliphatic carbocycles. The molecule has 1 aromatic rings. The van der Waals surface area contributed by atoms with E-state index in [0.29, 0.717) is 17.0 Å². The van der Waals surface area contributed by atoms with Gasteiger partial charge in [0.25, 0.3) is 0 Å². The van der Waals surface area contributed by atoms with Gasteiger partial charge in [-0.3, -0.25) is 4.79 Å². The molecule has 0 unspecified atom stereocenters. The average molecular weight is 374 g/mol. The van der Waals surface area contributed by atoms with Gasteiger partial charge in [0.15, 0.2) is 9.84 Å². The highest BCUT2D eigenvalue weighted by Crippen LogP contribution is 2.24. The van der Waals surface area contributed by atoms with Crippen LogP contribution in [0.4, 0.5) is 4.79 Å². The van der Waals surface area contributed by atoms with E-state index < -0.39 is 27.4 Å². The van der Waals surface area contributed by atoms with Crippen LogP contribution in [0.3, 0.4) is 0 Å². The van der Waals surface area contributed by atoms with Crippen LogP contribution in [0, 0.1) is 0 Å². The summed E-state index contributed by atoms with van der Waals surface area (Å²) in [6.07, 6.45) is 0.316. The first-order valence-electron chi connectivity index (χ1n) is 7.41. The van der Waals surface area contributed by atoms with Crippen LogP contribution in [0.5, 0.6) is 0 Å². The molecule has 1 heterocycles. The highest BCUT2D eigenvalue weighted by Gasteiger charge is 2.39. The molecule has 0 aromatic heterocycles. The Bertz CT molecular complexity index is 736. The highest BCUT2D eigenvalue weighted by molar-refractivity contribution is 7.91. The Morgan fingerprint density at radius 1 is 1.33 bits per heavy atom. The fourth-order valence-corrected chi connectivity index (χ4v) is 5.02. The molecule has 1 aromatic carbocycles. The normalized spacial score (nSPS) is 23.4. The molecule has 7 nitrogen and oxygen atoms in total. The van der Waals surface area contributed by atoms with Crippen molar-refractivity contribution < 1.29 is 18.0 Å². The Morgan fingerprint density at radius 2 is 1.96 bits per heavy atom. The highest BCUT2D eigenvalue weighted by atomic mass is 35.5. The number of nitrogens with one attached hydrogen (secondary N) is 2. The lowest BCUT2D eigenvalue weighted by molar-refractivity contribution is -0.123. The predicted molar refractivity (Wildman–Crippen MR) is 91.3 cm³/mol. The van der Waals surface area contributed by atoms with Gasteiger partial charge in [-0.15, -0.1) is 0 Å². The fraction of sp³-hybridized carbons (Fsp3) is 0.467. The Kier molecular flexibility index (Phi) is 5.39. The van der Waals surface area contributed by atoms with E-state index in [9.17, 15) is 18.0 Å². The second-order valence-electron chi connectivity index (χ2n) is 6.27. The van der Waals surface area contributed by atoms with Crippen LogP contribution in [0.1, 0.15) is 31.4 Å². The lowest BCUT2D eigenvalue weighted by Gasteiger charge is -2.26. The van der Waals surface area contributed by atoms with E-state index in [-0.39, 0.29) is 23.8 Å². The van der Waals surface area contributed by atoms with Crippen molar-refractivity contribution in [1.29, 1.82) is 0 Å². The third-order valence-corrected chi connectivity index (χ3v) is 6.08. The van der Waals surface area contributed by atoms with E-state index in [0.717, 1.165) is 0 Å². The minimum atomic E-state index is -3.12. The van der Waals surface area contributed by atoms with Crippen LogP contribution in [-0.4, -0.2) is 37.4 Å². The van der Waals surface area contributed by atoms with Gasteiger partial charge in [0.05, 0.1) is 29.5 Å². The van der Waals surface area contributed by atoms with Crippen molar-refractivity contribution in [3.05, 3.63) is 34.9 Å². The first-order chi connectivity index (χ1) is 11.1. The van der Waals surface area contributed by atoms with Crippen LogP contribution in [0.25, 0.3) is 0 Å². The van der Waals surface area contributed by atoms with E-state index in [2.05, 4.69) is 10.6 Å². The molecule has 4 N–H and O–H groups in total. The Balaban J connectivity index is 2.07. The Hall–Kier alpha value is -1.80. The van der Waals surface area contributed by atoms with Crippen molar-refractivity contribution in [3.8, 4) is 0 Å². The molecule has 132 valence electrons. The number of rotatable bonds is 5. The number of halogens is 1. The standard InChI is InChI=1S/C15H20ClN3O4S/c1-15(6-7-24(22,23)9-15)19-13(20)8-12(18-14(17)21)10-2-4-11(16)5-3-10/h2-5,12H,6-9H2,1H3,(H,19,20)(H3,17,18,21)/t12-,15-/m1/s1. The number of carbonyl (C=O) groups is 2. The summed E-state index contributed by atoms with van der Waals surface area (Å²) in [6.45, 7) is 1.70.